The fourth-order valence-corrected chi connectivity index (χ4v) is 3.08. The van der Waals surface area contributed by atoms with Gasteiger partial charge in [-0.2, -0.15) is 0 Å². The van der Waals surface area contributed by atoms with Gasteiger partial charge in [-0.25, -0.2) is 0 Å². The van der Waals surface area contributed by atoms with Crippen molar-refractivity contribution in [3.63, 3.8) is 0 Å². The Morgan fingerprint density at radius 2 is 1.41 bits per heavy atom. The van der Waals surface area contributed by atoms with E-state index in [1.807, 2.05) is 6.08 Å². The van der Waals surface area contributed by atoms with E-state index in [0.29, 0.717) is 25.7 Å². The van der Waals surface area contributed by atoms with Gasteiger partial charge in [0.2, 0.25) is 23.6 Å². The number of piperidine rings is 1. The van der Waals surface area contributed by atoms with Crippen molar-refractivity contribution < 1.29 is 19.2 Å². The quantitative estimate of drug-likeness (QED) is 0.345. The maximum absolute atomic E-state index is 11.3. The van der Waals surface area contributed by atoms with E-state index in [2.05, 4.69) is 23.6 Å². The van der Waals surface area contributed by atoms with Crippen LogP contribution in [0.15, 0.2) is 12.2 Å². The highest BCUT2D eigenvalue weighted by Crippen LogP contribution is 2.14. The van der Waals surface area contributed by atoms with Crippen molar-refractivity contribution in [2.75, 3.05) is 0 Å². The molecule has 2 heterocycles. The molecule has 0 bridgehead atoms. The van der Waals surface area contributed by atoms with E-state index in [9.17, 15) is 19.2 Å². The highest BCUT2D eigenvalue weighted by atomic mass is 16.2. The van der Waals surface area contributed by atoms with Crippen LogP contribution in [0.1, 0.15) is 90.4 Å². The Morgan fingerprint density at radius 3 is 1.89 bits per heavy atom. The monoisotopic (exact) mass is 378 g/mol. The first-order valence-electron chi connectivity index (χ1n) is 10.4. The van der Waals surface area contributed by atoms with E-state index < -0.39 is 0 Å². The number of hydrogen-bond donors (Lipinski definition) is 2. The minimum absolute atomic E-state index is 0.138. The van der Waals surface area contributed by atoms with Crippen LogP contribution >= 0.6 is 0 Å². The third-order valence-corrected chi connectivity index (χ3v) is 4.68. The number of rotatable bonds is 10. The normalized spacial score (nSPS) is 19.7. The highest BCUT2D eigenvalue weighted by Gasteiger charge is 2.27. The number of allylic oxidation sites excluding steroid dienone is 1. The summed E-state index contributed by atoms with van der Waals surface area (Å²) >= 11 is 0. The Morgan fingerprint density at radius 1 is 0.815 bits per heavy atom. The van der Waals surface area contributed by atoms with Crippen LogP contribution in [0.25, 0.3) is 0 Å². The Balaban J connectivity index is 0.000000377. The lowest BCUT2D eigenvalue weighted by Gasteiger charge is -2.07. The Kier molecular flexibility index (Phi) is 12.1. The van der Waals surface area contributed by atoms with Gasteiger partial charge in [0.25, 0.3) is 0 Å². The second-order valence-corrected chi connectivity index (χ2v) is 7.24. The second-order valence-electron chi connectivity index (χ2n) is 7.24. The Hall–Kier alpha value is -1.98. The molecule has 0 aliphatic carbocycles. The van der Waals surface area contributed by atoms with E-state index in [1.54, 1.807) is 0 Å². The molecule has 2 aliphatic heterocycles. The molecule has 0 spiro atoms. The molecule has 2 fully saturated rings. The van der Waals surface area contributed by atoms with Crippen LogP contribution in [-0.2, 0) is 19.2 Å². The summed E-state index contributed by atoms with van der Waals surface area (Å²) in [4.78, 5) is 43.0. The third-order valence-electron chi connectivity index (χ3n) is 4.68. The lowest BCUT2D eigenvalue weighted by molar-refractivity contribution is -0.133. The average Bonchev–Trinajstić information content (AvgIpc) is 2.94. The predicted molar refractivity (Wildman–Crippen MR) is 105 cm³/mol. The van der Waals surface area contributed by atoms with E-state index in [-0.39, 0.29) is 29.5 Å². The van der Waals surface area contributed by atoms with Crippen molar-refractivity contribution in [3.8, 4) is 0 Å². The van der Waals surface area contributed by atoms with E-state index in [1.165, 1.54) is 51.4 Å². The standard InChI is InChI=1S/C16H27NO2.C5H7NO2/c1-2-3-4-5-6-7-8-9-10-11-12-14-13-15(18)17-16(14)19;7-4-2-1-3-5(8)6-4/h11-12,14H,2-10,13H2,1H3,(H,17,18,19);1-3H2,(H,6,7,8). The number of unbranched alkanes of at least 4 members (excludes halogenated alkanes) is 8. The Bertz CT molecular complexity index is 514. The molecule has 2 aliphatic rings. The highest BCUT2D eigenvalue weighted by molar-refractivity contribution is 6.04. The molecule has 2 rings (SSSR count). The first kappa shape index (κ1) is 23.1. The summed E-state index contributed by atoms with van der Waals surface area (Å²) in [5, 5.41) is 4.52. The summed E-state index contributed by atoms with van der Waals surface area (Å²) in [5.74, 6) is -0.784. The minimum atomic E-state index is -0.221. The minimum Gasteiger partial charge on any atom is -0.296 e. The van der Waals surface area contributed by atoms with E-state index in [4.69, 9.17) is 0 Å². The number of carbonyl (C=O) groups excluding carboxylic acids is 4. The topological polar surface area (TPSA) is 92.3 Å². The summed E-state index contributed by atoms with van der Waals surface area (Å²) < 4.78 is 0. The van der Waals surface area contributed by atoms with Crippen molar-refractivity contribution in [1.29, 1.82) is 0 Å². The fraction of sp³-hybridized carbons (Fsp3) is 0.714. The predicted octanol–water partition coefficient (Wildman–Crippen LogP) is 3.55. The van der Waals surface area contributed by atoms with Crippen LogP contribution in [0.3, 0.4) is 0 Å². The molecule has 27 heavy (non-hydrogen) atoms. The number of amides is 4. The molecule has 152 valence electrons. The number of hydrogen-bond acceptors (Lipinski definition) is 4. The summed E-state index contributed by atoms with van der Waals surface area (Å²) in [6, 6.07) is 0. The van der Waals surface area contributed by atoms with Gasteiger partial charge in [-0.1, -0.05) is 64.0 Å². The number of nitrogens with one attached hydrogen (secondary N) is 2. The van der Waals surface area contributed by atoms with Crippen LogP contribution in [0.2, 0.25) is 0 Å². The van der Waals surface area contributed by atoms with Gasteiger partial charge in [-0.15, -0.1) is 0 Å². The van der Waals surface area contributed by atoms with Gasteiger partial charge in [0, 0.05) is 19.3 Å². The second kappa shape index (κ2) is 14.1. The van der Waals surface area contributed by atoms with Gasteiger partial charge in [0.15, 0.2) is 0 Å². The van der Waals surface area contributed by atoms with Gasteiger partial charge in [0.05, 0.1) is 5.92 Å². The maximum Gasteiger partial charge on any atom is 0.233 e. The zero-order valence-electron chi connectivity index (χ0n) is 16.6. The summed E-state index contributed by atoms with van der Waals surface area (Å²) in [6.45, 7) is 2.24. The van der Waals surface area contributed by atoms with Crippen molar-refractivity contribution in [2.45, 2.75) is 90.4 Å². The van der Waals surface area contributed by atoms with Crippen molar-refractivity contribution >= 4 is 23.6 Å². The molecule has 0 radical (unpaired) electrons. The molecule has 6 nitrogen and oxygen atoms in total. The van der Waals surface area contributed by atoms with Crippen LogP contribution in [0, 0.1) is 5.92 Å². The SMILES string of the molecule is CCCCCCCCCCC=CC1CC(=O)NC1=O.O=C1CCCC(=O)N1. The molecule has 0 saturated carbocycles. The molecule has 2 saturated heterocycles. The zero-order valence-corrected chi connectivity index (χ0v) is 16.6. The Labute approximate surface area is 162 Å². The van der Waals surface area contributed by atoms with Crippen molar-refractivity contribution in [3.05, 3.63) is 12.2 Å². The molecule has 6 heteroatoms. The molecule has 1 unspecified atom stereocenters. The van der Waals surface area contributed by atoms with Gasteiger partial charge >= 0.3 is 0 Å². The lowest BCUT2D eigenvalue weighted by Crippen LogP contribution is -2.33. The fourth-order valence-electron chi connectivity index (χ4n) is 3.08. The van der Waals surface area contributed by atoms with Gasteiger partial charge in [-0.3, -0.25) is 29.8 Å². The average molecular weight is 379 g/mol. The van der Waals surface area contributed by atoms with Crippen LogP contribution in [0.5, 0.6) is 0 Å². The third kappa shape index (κ3) is 11.4. The molecule has 0 aromatic rings. The molecule has 2 N–H and O–H groups in total. The van der Waals surface area contributed by atoms with E-state index in [0.717, 1.165) is 6.42 Å². The van der Waals surface area contributed by atoms with Crippen LogP contribution < -0.4 is 10.6 Å². The summed E-state index contributed by atoms with van der Waals surface area (Å²) in [5.41, 5.74) is 0. The van der Waals surface area contributed by atoms with Gasteiger partial charge in [-0.05, 0) is 19.3 Å². The molecular formula is C21H34N2O4. The molecular weight excluding hydrogens is 344 g/mol. The van der Waals surface area contributed by atoms with Crippen LogP contribution in [-0.4, -0.2) is 23.6 Å². The van der Waals surface area contributed by atoms with E-state index >= 15 is 0 Å². The summed E-state index contributed by atoms with van der Waals surface area (Å²) in [6.07, 6.45) is 17.6. The molecule has 0 aromatic carbocycles. The smallest absolute Gasteiger partial charge is 0.233 e. The molecule has 0 aromatic heterocycles. The van der Waals surface area contributed by atoms with Crippen molar-refractivity contribution in [1.82, 2.24) is 10.6 Å². The largest absolute Gasteiger partial charge is 0.296 e. The van der Waals surface area contributed by atoms with Gasteiger partial charge < -0.3 is 0 Å². The number of carbonyl (C=O) groups is 4. The van der Waals surface area contributed by atoms with Gasteiger partial charge in [0.1, 0.15) is 0 Å². The zero-order chi connectivity index (χ0) is 19.9. The van der Waals surface area contributed by atoms with Crippen molar-refractivity contribution in [2.24, 2.45) is 5.92 Å². The lowest BCUT2D eigenvalue weighted by atomic mass is 10.0. The van der Waals surface area contributed by atoms with Crippen LogP contribution in [0.4, 0.5) is 0 Å². The first-order chi connectivity index (χ1) is 13.0. The maximum atomic E-state index is 11.3. The first-order valence-corrected chi connectivity index (χ1v) is 10.4. The molecule has 4 amide bonds. The number of imide groups is 2. The summed E-state index contributed by atoms with van der Waals surface area (Å²) in [7, 11) is 0. The molecule has 1 atom stereocenters.